The molecule has 0 bridgehead atoms. The summed E-state index contributed by atoms with van der Waals surface area (Å²) < 4.78 is 4.93. The predicted molar refractivity (Wildman–Crippen MR) is 107 cm³/mol. The number of carbonyl (C=O) groups excluding carboxylic acids is 2. The number of fused-ring (bicyclic) bond motifs is 3. The van der Waals surface area contributed by atoms with Crippen molar-refractivity contribution in [2.45, 2.75) is 37.9 Å². The van der Waals surface area contributed by atoms with Crippen molar-refractivity contribution in [2.75, 3.05) is 26.5 Å². The second-order valence-corrected chi connectivity index (χ2v) is 8.84. The van der Waals surface area contributed by atoms with E-state index in [1.54, 1.807) is 25.4 Å². The Bertz CT molecular complexity index is 904. The van der Waals surface area contributed by atoms with Crippen LogP contribution in [0, 0.1) is 0 Å². The molecule has 0 aromatic carbocycles. The van der Waals surface area contributed by atoms with Gasteiger partial charge in [0.25, 0.3) is 11.5 Å². The summed E-state index contributed by atoms with van der Waals surface area (Å²) in [5.41, 5.74) is 1.13. The van der Waals surface area contributed by atoms with Gasteiger partial charge < -0.3 is 14.6 Å². The van der Waals surface area contributed by atoms with E-state index < -0.39 is 5.97 Å². The monoisotopic (exact) mass is 409 g/mol. The Morgan fingerprint density at radius 2 is 2.07 bits per heavy atom. The van der Waals surface area contributed by atoms with Gasteiger partial charge in [0.2, 0.25) is 0 Å². The van der Waals surface area contributed by atoms with Crippen molar-refractivity contribution in [1.82, 2.24) is 14.9 Å². The first kappa shape index (κ1) is 19.9. The van der Waals surface area contributed by atoms with Crippen LogP contribution in [0.5, 0.6) is 0 Å². The second-order valence-electron chi connectivity index (χ2n) is 6.66. The molecule has 2 heterocycles. The number of thiophene rings is 1. The molecular weight excluding hydrogens is 386 g/mol. The van der Waals surface area contributed by atoms with Gasteiger partial charge >= 0.3 is 5.97 Å². The maximum Gasteiger partial charge on any atom is 0.307 e. The lowest BCUT2D eigenvalue weighted by molar-refractivity contribution is -0.150. The van der Waals surface area contributed by atoms with Gasteiger partial charge in [0, 0.05) is 24.7 Å². The maximum absolute atomic E-state index is 12.5. The number of nitrogens with one attached hydrogen (secondary N) is 1. The Kier molecular flexibility index (Phi) is 6.54. The van der Waals surface area contributed by atoms with Crippen LogP contribution >= 0.6 is 23.1 Å². The molecule has 0 unspecified atom stereocenters. The van der Waals surface area contributed by atoms with Gasteiger partial charge in [0.15, 0.2) is 6.61 Å². The summed E-state index contributed by atoms with van der Waals surface area (Å²) in [7, 11) is 3.22. The molecule has 0 spiro atoms. The number of H-pyrrole nitrogens is 1. The van der Waals surface area contributed by atoms with Gasteiger partial charge in [0.05, 0.1) is 17.6 Å². The first-order chi connectivity index (χ1) is 13.0. The molecule has 0 atom stereocenters. The average Bonchev–Trinajstić information content (AvgIpc) is 3.02. The third kappa shape index (κ3) is 4.90. The van der Waals surface area contributed by atoms with Gasteiger partial charge in [-0.05, 0) is 31.2 Å². The zero-order valence-corrected chi connectivity index (χ0v) is 17.1. The summed E-state index contributed by atoms with van der Waals surface area (Å²) >= 11 is 3.14. The van der Waals surface area contributed by atoms with E-state index in [9.17, 15) is 14.4 Å². The average molecular weight is 410 g/mol. The quantitative estimate of drug-likeness (QED) is 0.556. The summed E-state index contributed by atoms with van der Waals surface area (Å²) in [4.78, 5) is 46.5. The molecule has 9 heteroatoms. The molecule has 1 aliphatic rings. The maximum atomic E-state index is 12.5. The zero-order chi connectivity index (χ0) is 19.4. The summed E-state index contributed by atoms with van der Waals surface area (Å²) in [5, 5.41) is 0.762. The summed E-state index contributed by atoms with van der Waals surface area (Å²) in [6.07, 6.45) is 4.53. The molecule has 0 saturated heterocycles. The highest BCUT2D eigenvalue weighted by atomic mass is 32.2. The molecule has 0 saturated carbocycles. The van der Waals surface area contributed by atoms with E-state index in [1.165, 1.54) is 33.5 Å². The third-order valence-corrected chi connectivity index (χ3v) is 6.57. The minimum atomic E-state index is -0.402. The number of aryl methyl sites for hydroxylation is 2. The molecule has 1 amide bonds. The van der Waals surface area contributed by atoms with Crippen molar-refractivity contribution >= 4 is 45.2 Å². The third-order valence-electron chi connectivity index (χ3n) is 4.42. The lowest BCUT2D eigenvalue weighted by atomic mass is 9.97. The largest absolute Gasteiger partial charge is 0.456 e. The lowest BCUT2D eigenvalue weighted by Crippen LogP contribution is -2.27. The zero-order valence-electron chi connectivity index (χ0n) is 15.5. The van der Waals surface area contributed by atoms with E-state index in [2.05, 4.69) is 9.97 Å². The van der Waals surface area contributed by atoms with Crippen LogP contribution in [0.4, 0.5) is 0 Å². The minimum Gasteiger partial charge on any atom is -0.456 e. The van der Waals surface area contributed by atoms with E-state index in [-0.39, 0.29) is 24.5 Å². The molecule has 3 rings (SSSR count). The number of esters is 1. The number of carbonyl (C=O) groups is 2. The summed E-state index contributed by atoms with van der Waals surface area (Å²) in [6.45, 7) is -0.231. The van der Waals surface area contributed by atoms with Crippen molar-refractivity contribution in [1.29, 1.82) is 0 Å². The smallest absolute Gasteiger partial charge is 0.307 e. The fraction of sp³-hybridized carbons (Fsp3) is 0.556. The molecule has 2 aromatic heterocycles. The molecule has 146 valence electrons. The fourth-order valence-electron chi connectivity index (χ4n) is 2.94. The van der Waals surface area contributed by atoms with E-state index in [0.29, 0.717) is 17.3 Å². The highest BCUT2D eigenvalue weighted by Crippen LogP contribution is 2.33. The summed E-state index contributed by atoms with van der Waals surface area (Å²) in [6, 6.07) is 0. The van der Waals surface area contributed by atoms with Crippen molar-refractivity contribution in [3.8, 4) is 0 Å². The number of amides is 1. The van der Waals surface area contributed by atoms with Gasteiger partial charge in [-0.15, -0.1) is 11.3 Å². The number of hydrogen-bond acceptors (Lipinski definition) is 7. The standard InChI is InChI=1S/C18H23N3O4S2/c1-21(2)14(22)9-25-15(23)7-8-26-10-13-19-17(24)16-11-5-3-4-6-12(11)27-18(16)20-13/h3-10H2,1-2H3,(H,19,20,24). The molecule has 1 N–H and O–H groups in total. The molecule has 1 aliphatic carbocycles. The summed E-state index contributed by atoms with van der Waals surface area (Å²) in [5.74, 6) is 1.05. The topological polar surface area (TPSA) is 92.4 Å². The van der Waals surface area contributed by atoms with Crippen LogP contribution in [0.15, 0.2) is 4.79 Å². The molecule has 2 aromatic rings. The Balaban J connectivity index is 1.51. The predicted octanol–water partition coefficient (Wildman–Crippen LogP) is 2.12. The van der Waals surface area contributed by atoms with E-state index in [1.807, 2.05) is 0 Å². The number of hydrogen-bond donors (Lipinski definition) is 1. The van der Waals surface area contributed by atoms with E-state index in [4.69, 9.17) is 4.74 Å². The number of aromatic nitrogens is 2. The number of nitrogens with zero attached hydrogens (tertiary/aromatic N) is 2. The van der Waals surface area contributed by atoms with Crippen LogP contribution in [-0.4, -0.2) is 53.2 Å². The van der Waals surface area contributed by atoms with E-state index >= 15 is 0 Å². The normalized spacial score (nSPS) is 13.4. The first-order valence-corrected chi connectivity index (χ1v) is 10.9. The number of thioether (sulfide) groups is 1. The van der Waals surface area contributed by atoms with Crippen LogP contribution in [0.3, 0.4) is 0 Å². The van der Waals surface area contributed by atoms with Crippen molar-refractivity contribution in [2.24, 2.45) is 0 Å². The first-order valence-electron chi connectivity index (χ1n) is 8.92. The van der Waals surface area contributed by atoms with Gasteiger partial charge in [-0.25, -0.2) is 4.98 Å². The van der Waals surface area contributed by atoms with Gasteiger partial charge in [-0.1, -0.05) is 0 Å². The Morgan fingerprint density at radius 3 is 2.85 bits per heavy atom. The van der Waals surface area contributed by atoms with Crippen molar-refractivity contribution in [3.63, 3.8) is 0 Å². The number of ether oxygens (including phenoxy) is 1. The van der Waals surface area contributed by atoms with Gasteiger partial charge in [-0.2, -0.15) is 11.8 Å². The Hall–Kier alpha value is -1.87. The van der Waals surface area contributed by atoms with Crippen LogP contribution in [0.1, 0.15) is 35.5 Å². The highest BCUT2D eigenvalue weighted by molar-refractivity contribution is 7.98. The molecule has 0 radical (unpaired) electrons. The molecule has 27 heavy (non-hydrogen) atoms. The molecule has 0 aliphatic heterocycles. The highest BCUT2D eigenvalue weighted by Gasteiger charge is 2.19. The van der Waals surface area contributed by atoms with Crippen LogP contribution < -0.4 is 5.56 Å². The van der Waals surface area contributed by atoms with Crippen molar-refractivity contribution < 1.29 is 14.3 Å². The lowest BCUT2D eigenvalue weighted by Gasteiger charge is -2.10. The van der Waals surface area contributed by atoms with Crippen LogP contribution in [0.2, 0.25) is 0 Å². The van der Waals surface area contributed by atoms with Crippen LogP contribution in [0.25, 0.3) is 10.2 Å². The molecular formula is C18H23N3O4S2. The number of rotatable bonds is 7. The molecule has 7 nitrogen and oxygen atoms in total. The minimum absolute atomic E-state index is 0.0587. The Labute approximate surface area is 165 Å². The second kappa shape index (κ2) is 8.88. The van der Waals surface area contributed by atoms with Gasteiger partial charge in [-0.3, -0.25) is 14.4 Å². The number of likely N-dealkylation sites (N-methyl/N-ethyl adjacent to an activating group) is 1. The Morgan fingerprint density at radius 1 is 1.30 bits per heavy atom. The van der Waals surface area contributed by atoms with E-state index in [0.717, 1.165) is 29.5 Å². The molecule has 0 fully saturated rings. The van der Waals surface area contributed by atoms with Crippen molar-refractivity contribution in [3.05, 3.63) is 26.6 Å². The number of aromatic amines is 1. The fourth-order valence-corrected chi connectivity index (χ4v) is 5.01. The van der Waals surface area contributed by atoms with Crippen LogP contribution in [-0.2, 0) is 32.9 Å². The SMILES string of the molecule is CN(C)C(=O)COC(=O)CCSCc1nc2sc3c(c2c(=O)[nH]1)CCCC3. The van der Waals surface area contributed by atoms with Gasteiger partial charge in [0.1, 0.15) is 10.7 Å².